The molecule has 1 aliphatic rings. The number of carbonyl (C=O) groups excluding carboxylic acids is 1. The van der Waals surface area contributed by atoms with Crippen LogP contribution in [0.4, 0.5) is 9.18 Å². The third-order valence-electron chi connectivity index (χ3n) is 3.81. The molecule has 0 bridgehead atoms. The Hall–Kier alpha value is -1.37. The first-order valence-corrected chi connectivity index (χ1v) is 8.38. The second-order valence-corrected chi connectivity index (χ2v) is 7.49. The molecule has 1 unspecified atom stereocenters. The summed E-state index contributed by atoms with van der Waals surface area (Å²) in [7, 11) is 1.98. The summed E-state index contributed by atoms with van der Waals surface area (Å²) in [6.07, 6.45) is -0.802. The molecule has 0 aliphatic carbocycles. The topological polar surface area (TPSA) is 44.8 Å². The predicted molar refractivity (Wildman–Crippen MR) is 92.7 cm³/mol. The van der Waals surface area contributed by atoms with E-state index in [0.29, 0.717) is 31.2 Å². The maximum Gasteiger partial charge on any atom is 0.411 e. The fourth-order valence-electron chi connectivity index (χ4n) is 2.58. The summed E-state index contributed by atoms with van der Waals surface area (Å²) < 4.78 is 21.2. The number of rotatable bonds is 3. The number of hydrogen-bond donors (Lipinski definition) is 1. The summed E-state index contributed by atoms with van der Waals surface area (Å²) in [5.41, 5.74) is -0.424. The first kappa shape index (κ1) is 19.0. The van der Waals surface area contributed by atoms with Crippen LogP contribution in [-0.2, 0) is 10.7 Å². The monoisotopic (exact) mass is 357 g/mol. The largest absolute Gasteiger partial charge is 0.444 e. The van der Waals surface area contributed by atoms with Crippen molar-refractivity contribution in [2.45, 2.75) is 32.3 Å². The molecule has 7 heteroatoms. The van der Waals surface area contributed by atoms with Crippen molar-refractivity contribution in [3.05, 3.63) is 34.9 Å². The van der Waals surface area contributed by atoms with Crippen molar-refractivity contribution in [2.75, 3.05) is 33.2 Å². The molecule has 5 nitrogen and oxygen atoms in total. The number of benzene rings is 1. The summed E-state index contributed by atoms with van der Waals surface area (Å²) in [5.74, 6) is -2.17. The van der Waals surface area contributed by atoms with Crippen LogP contribution < -0.4 is 5.32 Å². The molecule has 0 saturated carbocycles. The minimum Gasteiger partial charge on any atom is -0.444 e. The van der Waals surface area contributed by atoms with Gasteiger partial charge >= 0.3 is 6.09 Å². The lowest BCUT2D eigenvalue weighted by Gasteiger charge is -2.42. The number of hydrogen-bond acceptors (Lipinski definition) is 4. The van der Waals surface area contributed by atoms with Crippen LogP contribution in [0.3, 0.4) is 0 Å². The van der Waals surface area contributed by atoms with E-state index in [-0.39, 0.29) is 5.56 Å². The average molecular weight is 358 g/mol. The molecule has 0 aromatic heterocycles. The molecular weight excluding hydrogens is 333 g/mol. The quantitative estimate of drug-likeness (QED) is 0.844. The van der Waals surface area contributed by atoms with Gasteiger partial charge in [0.1, 0.15) is 5.60 Å². The maximum atomic E-state index is 16.0. The van der Waals surface area contributed by atoms with Gasteiger partial charge in [-0.3, -0.25) is 5.32 Å². The normalized spacial score (nSPS) is 19.6. The van der Waals surface area contributed by atoms with Crippen molar-refractivity contribution in [3.8, 4) is 0 Å². The van der Waals surface area contributed by atoms with Crippen molar-refractivity contribution in [2.24, 2.45) is 0 Å². The fourth-order valence-corrected chi connectivity index (χ4v) is 2.77. The molecule has 1 heterocycles. The van der Waals surface area contributed by atoms with Gasteiger partial charge in [0.2, 0.25) is 0 Å². The van der Waals surface area contributed by atoms with E-state index in [1.807, 2.05) is 7.05 Å². The zero-order chi connectivity index (χ0) is 18.0. The van der Waals surface area contributed by atoms with E-state index in [4.69, 9.17) is 16.3 Å². The second-order valence-electron chi connectivity index (χ2n) is 7.05. The van der Waals surface area contributed by atoms with Gasteiger partial charge in [-0.05, 0) is 40.0 Å². The molecule has 0 spiro atoms. The van der Waals surface area contributed by atoms with Crippen LogP contribution in [0, 0.1) is 0 Å². The molecule has 1 aromatic carbocycles. The summed E-state index contributed by atoms with van der Waals surface area (Å²) in [6, 6.07) is 6.47. The van der Waals surface area contributed by atoms with Crippen molar-refractivity contribution in [1.29, 1.82) is 0 Å². The third-order valence-corrected chi connectivity index (χ3v) is 4.05. The number of piperazine rings is 1. The molecule has 0 radical (unpaired) electrons. The molecule has 1 atom stereocenters. The molecule has 24 heavy (non-hydrogen) atoms. The van der Waals surface area contributed by atoms with Crippen LogP contribution >= 0.6 is 11.6 Å². The van der Waals surface area contributed by atoms with Crippen LogP contribution in [0.1, 0.15) is 26.3 Å². The Labute approximate surface area is 147 Å². The Morgan fingerprint density at radius 1 is 1.25 bits per heavy atom. The SMILES string of the molecule is CN1CCN(C(F)(NC(=O)OC(C)(C)C)c2cccc(Cl)c2)CC1. The lowest BCUT2D eigenvalue weighted by Crippen LogP contribution is -2.60. The van der Waals surface area contributed by atoms with Crippen LogP contribution in [-0.4, -0.2) is 54.7 Å². The second kappa shape index (κ2) is 7.25. The predicted octanol–water partition coefficient (Wildman–Crippen LogP) is 3.19. The molecule has 1 aliphatic heterocycles. The first-order valence-electron chi connectivity index (χ1n) is 8.00. The Morgan fingerprint density at radius 3 is 2.42 bits per heavy atom. The summed E-state index contributed by atoms with van der Waals surface area (Å²) in [5, 5.41) is 2.81. The fraction of sp³-hybridized carbons (Fsp3) is 0.588. The van der Waals surface area contributed by atoms with Crippen molar-refractivity contribution in [1.82, 2.24) is 15.1 Å². The van der Waals surface area contributed by atoms with Crippen LogP contribution in [0.25, 0.3) is 0 Å². The van der Waals surface area contributed by atoms with Crippen molar-refractivity contribution in [3.63, 3.8) is 0 Å². The molecule has 1 saturated heterocycles. The highest BCUT2D eigenvalue weighted by Crippen LogP contribution is 2.31. The van der Waals surface area contributed by atoms with Gasteiger partial charge in [0.15, 0.2) is 0 Å². The standard InChI is InChI=1S/C17H25ClFN3O2/c1-16(2,3)24-15(23)20-17(19,13-6-5-7-14(18)12-13)22-10-8-21(4)9-11-22/h5-7,12H,8-11H2,1-4H3,(H,20,23). The number of carbonyl (C=O) groups is 1. The highest BCUT2D eigenvalue weighted by Gasteiger charge is 2.42. The number of alkyl carbamates (subject to hydrolysis) is 1. The lowest BCUT2D eigenvalue weighted by molar-refractivity contribution is -0.0898. The number of amides is 1. The van der Waals surface area contributed by atoms with E-state index in [1.54, 1.807) is 43.9 Å². The minimum absolute atomic E-state index is 0.283. The summed E-state index contributed by atoms with van der Waals surface area (Å²) in [4.78, 5) is 15.9. The molecular formula is C17H25ClFN3O2. The Balaban J connectivity index is 2.29. The minimum atomic E-state index is -2.17. The number of nitrogens with zero attached hydrogens (tertiary/aromatic N) is 2. The molecule has 1 amide bonds. The molecule has 2 rings (SSSR count). The van der Waals surface area contributed by atoms with Gasteiger partial charge in [-0.1, -0.05) is 23.7 Å². The number of nitrogens with one attached hydrogen (secondary N) is 1. The van der Waals surface area contributed by atoms with E-state index in [0.717, 1.165) is 0 Å². The summed E-state index contributed by atoms with van der Waals surface area (Å²) >= 11 is 6.02. The van der Waals surface area contributed by atoms with Gasteiger partial charge in [-0.15, -0.1) is 0 Å². The van der Waals surface area contributed by atoms with Gasteiger partial charge in [-0.25, -0.2) is 9.69 Å². The van der Waals surface area contributed by atoms with E-state index in [1.165, 1.54) is 6.07 Å². The summed E-state index contributed by atoms with van der Waals surface area (Å²) in [6.45, 7) is 7.60. The highest BCUT2D eigenvalue weighted by atomic mass is 35.5. The van der Waals surface area contributed by atoms with Crippen LogP contribution in [0.5, 0.6) is 0 Å². The van der Waals surface area contributed by atoms with E-state index < -0.39 is 17.6 Å². The van der Waals surface area contributed by atoms with Crippen LogP contribution in [0.2, 0.25) is 5.02 Å². The molecule has 1 aromatic rings. The van der Waals surface area contributed by atoms with Crippen molar-refractivity contribution >= 4 is 17.7 Å². The Kier molecular flexibility index (Phi) is 5.73. The van der Waals surface area contributed by atoms with Gasteiger partial charge in [0.25, 0.3) is 5.92 Å². The van der Waals surface area contributed by atoms with E-state index in [9.17, 15) is 4.79 Å². The molecule has 1 N–H and O–H groups in total. The van der Waals surface area contributed by atoms with Gasteiger partial charge < -0.3 is 9.64 Å². The highest BCUT2D eigenvalue weighted by molar-refractivity contribution is 6.30. The van der Waals surface area contributed by atoms with E-state index in [2.05, 4.69) is 10.2 Å². The molecule has 1 fully saturated rings. The maximum absolute atomic E-state index is 16.0. The molecule has 134 valence electrons. The lowest BCUT2D eigenvalue weighted by atomic mass is 10.1. The van der Waals surface area contributed by atoms with E-state index >= 15 is 4.39 Å². The number of likely N-dealkylation sites (N-methyl/N-ethyl adjacent to an activating group) is 1. The Bertz CT molecular complexity index is 585. The zero-order valence-electron chi connectivity index (χ0n) is 14.6. The number of ether oxygens (including phenoxy) is 1. The Morgan fingerprint density at radius 2 is 1.88 bits per heavy atom. The third kappa shape index (κ3) is 4.82. The first-order chi connectivity index (χ1) is 11.1. The van der Waals surface area contributed by atoms with Crippen LogP contribution in [0.15, 0.2) is 24.3 Å². The number of halogens is 2. The van der Waals surface area contributed by atoms with Gasteiger partial charge in [0, 0.05) is 36.8 Å². The average Bonchev–Trinajstić information content (AvgIpc) is 2.45. The van der Waals surface area contributed by atoms with Crippen molar-refractivity contribution < 1.29 is 13.9 Å². The van der Waals surface area contributed by atoms with Gasteiger partial charge in [0.05, 0.1) is 0 Å². The zero-order valence-corrected chi connectivity index (χ0v) is 15.4. The smallest absolute Gasteiger partial charge is 0.411 e. The van der Waals surface area contributed by atoms with Gasteiger partial charge in [-0.2, -0.15) is 4.39 Å². The number of alkyl halides is 1.